The molecule has 2 unspecified atom stereocenters. The molecule has 3 saturated carbocycles. The van der Waals surface area contributed by atoms with Crippen molar-refractivity contribution in [2.75, 3.05) is 13.1 Å². The van der Waals surface area contributed by atoms with Crippen molar-refractivity contribution in [1.29, 1.82) is 0 Å². The zero-order chi connectivity index (χ0) is 11.1. The number of hydrogen-bond acceptors (Lipinski definition) is 4. The Kier molecular flexibility index (Phi) is 2.79. The van der Waals surface area contributed by atoms with Crippen molar-refractivity contribution in [3.8, 4) is 0 Å². The van der Waals surface area contributed by atoms with Crippen LogP contribution >= 0.6 is 0 Å². The van der Waals surface area contributed by atoms with Gasteiger partial charge in [0.25, 0.3) is 0 Å². The summed E-state index contributed by atoms with van der Waals surface area (Å²) < 4.78 is 0. The van der Waals surface area contributed by atoms with Gasteiger partial charge >= 0.3 is 0 Å². The van der Waals surface area contributed by atoms with Crippen LogP contribution in [0, 0.1) is 10.8 Å². The van der Waals surface area contributed by atoms with Crippen LogP contribution < -0.4 is 11.5 Å². The van der Waals surface area contributed by atoms with E-state index >= 15 is 0 Å². The Bertz CT molecular complexity index is 203. The molecule has 0 radical (unpaired) electrons. The molecule has 0 amide bonds. The van der Waals surface area contributed by atoms with Gasteiger partial charge < -0.3 is 21.7 Å². The van der Waals surface area contributed by atoms with Crippen LogP contribution in [0.3, 0.4) is 0 Å². The molecule has 0 aliphatic heterocycles. The van der Waals surface area contributed by atoms with Crippen molar-refractivity contribution in [3.05, 3.63) is 0 Å². The lowest BCUT2D eigenvalue weighted by Gasteiger charge is -2.74. The van der Waals surface area contributed by atoms with Crippen LogP contribution in [-0.2, 0) is 0 Å². The van der Waals surface area contributed by atoms with E-state index in [-0.39, 0.29) is 23.0 Å². The molecular formula is C11H22N2O2. The molecule has 0 aromatic rings. The molecular weight excluding hydrogens is 192 g/mol. The minimum atomic E-state index is -0.269. The third-order valence-corrected chi connectivity index (χ3v) is 4.41. The van der Waals surface area contributed by atoms with Crippen molar-refractivity contribution < 1.29 is 10.2 Å². The topological polar surface area (TPSA) is 92.5 Å². The molecule has 3 fully saturated rings. The van der Waals surface area contributed by atoms with Gasteiger partial charge in [-0.15, -0.1) is 0 Å². The molecule has 4 heteroatoms. The maximum Gasteiger partial charge on any atom is 0.0609 e. The molecule has 2 atom stereocenters. The quantitative estimate of drug-likeness (QED) is 0.483. The van der Waals surface area contributed by atoms with Gasteiger partial charge in [0.2, 0.25) is 0 Å². The Morgan fingerprint density at radius 1 is 0.867 bits per heavy atom. The van der Waals surface area contributed by atoms with Crippen LogP contribution in [0.1, 0.15) is 32.1 Å². The summed E-state index contributed by atoms with van der Waals surface area (Å²) >= 11 is 0. The van der Waals surface area contributed by atoms with Crippen molar-refractivity contribution in [3.63, 3.8) is 0 Å². The predicted octanol–water partition coefficient (Wildman–Crippen LogP) is -0.424. The van der Waals surface area contributed by atoms with Crippen molar-refractivity contribution in [2.24, 2.45) is 22.3 Å². The summed E-state index contributed by atoms with van der Waals surface area (Å²) in [6.07, 6.45) is 3.71. The van der Waals surface area contributed by atoms with Gasteiger partial charge in [-0.2, -0.15) is 0 Å². The second-order valence-corrected chi connectivity index (χ2v) is 5.44. The van der Waals surface area contributed by atoms with Crippen molar-refractivity contribution in [2.45, 2.75) is 44.3 Å². The molecule has 0 spiro atoms. The third kappa shape index (κ3) is 1.51. The fourth-order valence-electron chi connectivity index (χ4n) is 3.58. The van der Waals surface area contributed by atoms with E-state index in [0.717, 1.165) is 19.3 Å². The van der Waals surface area contributed by atoms with Gasteiger partial charge in [-0.3, -0.25) is 0 Å². The van der Waals surface area contributed by atoms with Crippen LogP contribution in [0.5, 0.6) is 0 Å². The van der Waals surface area contributed by atoms with Gasteiger partial charge in [-0.1, -0.05) is 0 Å². The Morgan fingerprint density at radius 3 is 1.47 bits per heavy atom. The molecule has 4 nitrogen and oxygen atoms in total. The fourth-order valence-corrected chi connectivity index (χ4v) is 3.58. The maximum atomic E-state index is 9.91. The molecule has 0 heterocycles. The van der Waals surface area contributed by atoms with E-state index in [1.807, 2.05) is 0 Å². The summed E-state index contributed by atoms with van der Waals surface area (Å²) in [4.78, 5) is 0. The Balaban J connectivity index is 1.84. The summed E-state index contributed by atoms with van der Waals surface area (Å²) in [5, 5.41) is 19.8. The maximum absolute atomic E-state index is 9.91. The first kappa shape index (κ1) is 11.3. The molecule has 0 aromatic carbocycles. The van der Waals surface area contributed by atoms with Crippen molar-refractivity contribution in [1.82, 2.24) is 0 Å². The number of nitrogens with two attached hydrogens (primary N) is 2. The highest BCUT2D eigenvalue weighted by Crippen LogP contribution is 2.76. The van der Waals surface area contributed by atoms with E-state index in [1.165, 1.54) is 0 Å². The third-order valence-electron chi connectivity index (χ3n) is 4.41. The van der Waals surface area contributed by atoms with Gasteiger partial charge in [0.1, 0.15) is 0 Å². The van der Waals surface area contributed by atoms with E-state index in [4.69, 9.17) is 11.5 Å². The van der Waals surface area contributed by atoms with Gasteiger partial charge in [0.05, 0.1) is 12.2 Å². The zero-order valence-corrected chi connectivity index (χ0v) is 9.15. The second kappa shape index (κ2) is 3.70. The van der Waals surface area contributed by atoms with E-state index in [1.54, 1.807) is 0 Å². The van der Waals surface area contributed by atoms with E-state index in [0.29, 0.717) is 25.9 Å². The number of hydrogen-bond donors (Lipinski definition) is 4. The molecule has 15 heavy (non-hydrogen) atoms. The normalized spacial score (nSPS) is 41.6. The molecule has 3 rings (SSSR count). The first-order valence-electron chi connectivity index (χ1n) is 5.85. The molecule has 88 valence electrons. The lowest BCUT2D eigenvalue weighted by atomic mass is 9.32. The predicted molar refractivity (Wildman–Crippen MR) is 58.1 cm³/mol. The highest BCUT2D eigenvalue weighted by atomic mass is 16.3. The van der Waals surface area contributed by atoms with E-state index < -0.39 is 0 Å². The first-order chi connectivity index (χ1) is 7.08. The Morgan fingerprint density at radius 2 is 1.20 bits per heavy atom. The minimum Gasteiger partial charge on any atom is -0.393 e. The monoisotopic (exact) mass is 214 g/mol. The molecule has 0 aromatic heterocycles. The van der Waals surface area contributed by atoms with E-state index in [9.17, 15) is 10.2 Å². The van der Waals surface area contributed by atoms with Crippen molar-refractivity contribution >= 4 is 0 Å². The number of aliphatic hydroxyl groups is 2. The average Bonchev–Trinajstić information content (AvgIpc) is 1.99. The molecule has 2 bridgehead atoms. The largest absolute Gasteiger partial charge is 0.393 e. The van der Waals surface area contributed by atoms with Gasteiger partial charge in [-0.05, 0) is 56.0 Å². The number of rotatable bonds is 6. The summed E-state index contributed by atoms with van der Waals surface area (Å²) in [5.41, 5.74) is 11.1. The summed E-state index contributed by atoms with van der Waals surface area (Å²) in [6, 6.07) is 0. The summed E-state index contributed by atoms with van der Waals surface area (Å²) in [5.74, 6) is 0. The lowest BCUT2D eigenvalue weighted by Crippen LogP contribution is -2.71. The zero-order valence-electron chi connectivity index (χ0n) is 9.15. The van der Waals surface area contributed by atoms with Crippen LogP contribution in [0.2, 0.25) is 0 Å². The average molecular weight is 214 g/mol. The minimum absolute atomic E-state index is 0.0922. The Labute approximate surface area is 90.6 Å². The standard InChI is InChI=1S/C11H22N2O2/c12-3-1-8(14)10-5-11(6-10,7-10)9(15)2-4-13/h8-9,14-15H,1-7,12-13H2. The summed E-state index contributed by atoms with van der Waals surface area (Å²) in [7, 11) is 0. The highest BCUT2D eigenvalue weighted by molar-refractivity contribution is 5.21. The van der Waals surface area contributed by atoms with Gasteiger partial charge in [0, 0.05) is 0 Å². The number of aliphatic hydroxyl groups excluding tert-OH is 2. The first-order valence-corrected chi connectivity index (χ1v) is 5.85. The smallest absolute Gasteiger partial charge is 0.0609 e. The summed E-state index contributed by atoms with van der Waals surface area (Å²) in [6.45, 7) is 1.09. The van der Waals surface area contributed by atoms with E-state index in [2.05, 4.69) is 0 Å². The van der Waals surface area contributed by atoms with Gasteiger partial charge in [0.15, 0.2) is 0 Å². The molecule has 3 aliphatic carbocycles. The highest BCUT2D eigenvalue weighted by Gasteiger charge is 2.72. The van der Waals surface area contributed by atoms with Crippen LogP contribution in [-0.4, -0.2) is 35.5 Å². The lowest BCUT2D eigenvalue weighted by molar-refractivity contribution is -0.293. The van der Waals surface area contributed by atoms with Crippen LogP contribution in [0.25, 0.3) is 0 Å². The fraction of sp³-hybridized carbons (Fsp3) is 1.00. The SMILES string of the molecule is NCCC(O)C12CC(C(O)CCN)(C1)C2. The molecule has 0 saturated heterocycles. The second-order valence-electron chi connectivity index (χ2n) is 5.44. The molecule has 6 N–H and O–H groups in total. The Hall–Kier alpha value is -0.160. The molecule has 3 aliphatic rings. The van der Waals surface area contributed by atoms with Crippen LogP contribution in [0.4, 0.5) is 0 Å². The van der Waals surface area contributed by atoms with Crippen LogP contribution in [0.15, 0.2) is 0 Å². The van der Waals surface area contributed by atoms with Gasteiger partial charge in [-0.25, -0.2) is 0 Å².